The molecule has 0 saturated carbocycles. The molecule has 2 aromatic rings. The molecule has 0 spiro atoms. The number of hydrogen-bond acceptors (Lipinski definition) is 4. The van der Waals surface area contributed by atoms with Crippen molar-refractivity contribution in [2.24, 2.45) is 5.41 Å². The van der Waals surface area contributed by atoms with Crippen molar-refractivity contribution >= 4 is 23.0 Å². The van der Waals surface area contributed by atoms with E-state index >= 15 is 0 Å². The number of hydrogen-bond donors (Lipinski definition) is 1. The first-order valence-electron chi connectivity index (χ1n) is 8.90. The number of H-pyrrole nitrogens is 1. The lowest BCUT2D eigenvalue weighted by molar-refractivity contribution is -0.148. The highest BCUT2D eigenvalue weighted by Crippen LogP contribution is 2.40. The van der Waals surface area contributed by atoms with Gasteiger partial charge in [0.05, 0.1) is 6.61 Å². The largest absolute Gasteiger partial charge is 0.450 e. The molecule has 1 aromatic carbocycles. The van der Waals surface area contributed by atoms with Gasteiger partial charge in [-0.3, -0.25) is 4.90 Å². The van der Waals surface area contributed by atoms with Crippen molar-refractivity contribution in [1.29, 1.82) is 0 Å². The molecule has 2 atom stereocenters. The van der Waals surface area contributed by atoms with Crippen LogP contribution in [-0.4, -0.2) is 40.3 Å². The molecule has 1 aromatic heterocycles. The van der Waals surface area contributed by atoms with Gasteiger partial charge in [-0.25, -0.2) is 9.59 Å². The Labute approximate surface area is 153 Å². The van der Waals surface area contributed by atoms with Gasteiger partial charge in [0, 0.05) is 28.9 Å². The zero-order valence-corrected chi connectivity index (χ0v) is 16.0. The molecule has 2 unspecified atom stereocenters. The number of carbonyl (C=O) groups is 2. The second kappa shape index (κ2) is 6.34. The summed E-state index contributed by atoms with van der Waals surface area (Å²) in [7, 11) is 0. The Bertz CT molecular complexity index is 836. The molecule has 0 aliphatic carbocycles. The van der Waals surface area contributed by atoms with E-state index in [0.717, 1.165) is 16.5 Å². The number of carbonyl (C=O) groups excluding carboxylic acids is 2. The van der Waals surface area contributed by atoms with Crippen LogP contribution < -0.4 is 0 Å². The number of aromatic nitrogens is 1. The van der Waals surface area contributed by atoms with Gasteiger partial charge >= 0.3 is 12.1 Å². The molecular formula is C20H26N2O4. The van der Waals surface area contributed by atoms with E-state index in [9.17, 15) is 9.59 Å². The van der Waals surface area contributed by atoms with Gasteiger partial charge in [-0.05, 0) is 25.5 Å². The molecule has 1 amide bonds. The number of amides is 1. The maximum atomic E-state index is 12.9. The smallest absolute Gasteiger partial charge is 0.413 e. The SMILES string of the molecule is CCOC(=O)N1C(C(C)(C)C)OC(=O)C1(C)Cc1c[nH]c2ccccc12. The van der Waals surface area contributed by atoms with Gasteiger partial charge < -0.3 is 14.5 Å². The number of benzene rings is 1. The van der Waals surface area contributed by atoms with Gasteiger partial charge in [0.2, 0.25) is 0 Å². The molecule has 3 rings (SSSR count). The summed E-state index contributed by atoms with van der Waals surface area (Å²) in [6, 6.07) is 7.89. The third-order valence-electron chi connectivity index (χ3n) is 4.84. The van der Waals surface area contributed by atoms with E-state index in [4.69, 9.17) is 9.47 Å². The minimum Gasteiger partial charge on any atom is -0.450 e. The lowest BCUT2D eigenvalue weighted by Crippen LogP contribution is -2.55. The summed E-state index contributed by atoms with van der Waals surface area (Å²) in [5.74, 6) is -0.407. The van der Waals surface area contributed by atoms with Crippen molar-refractivity contribution in [3.05, 3.63) is 36.0 Å². The third-order valence-corrected chi connectivity index (χ3v) is 4.84. The standard InChI is InChI=1S/C20H26N2O4/c1-6-25-18(24)22-16(19(2,3)4)26-17(23)20(22,5)11-13-12-21-15-10-8-7-9-14(13)15/h7-10,12,16,21H,6,11H2,1-5H3. The molecule has 6 heteroatoms. The minimum absolute atomic E-state index is 0.240. The van der Waals surface area contributed by atoms with Crippen molar-refractivity contribution in [2.45, 2.75) is 52.8 Å². The van der Waals surface area contributed by atoms with E-state index in [0.29, 0.717) is 6.42 Å². The van der Waals surface area contributed by atoms with Crippen molar-refractivity contribution in [3.8, 4) is 0 Å². The Hall–Kier alpha value is -2.50. The Kier molecular flexibility index (Phi) is 4.46. The summed E-state index contributed by atoms with van der Waals surface area (Å²) in [5, 5.41) is 1.03. The van der Waals surface area contributed by atoms with E-state index in [-0.39, 0.29) is 6.61 Å². The normalized spacial score (nSPS) is 23.3. The predicted octanol–water partition coefficient (Wildman–Crippen LogP) is 3.86. The highest BCUT2D eigenvalue weighted by atomic mass is 16.6. The number of cyclic esters (lactones) is 1. The molecule has 26 heavy (non-hydrogen) atoms. The molecule has 1 fully saturated rings. The van der Waals surface area contributed by atoms with Crippen LogP contribution >= 0.6 is 0 Å². The summed E-state index contributed by atoms with van der Waals surface area (Å²) in [6.07, 6.45) is 1.03. The minimum atomic E-state index is -1.13. The molecule has 1 aliphatic heterocycles. The van der Waals surface area contributed by atoms with E-state index in [1.807, 2.05) is 51.2 Å². The first-order valence-corrected chi connectivity index (χ1v) is 8.90. The monoisotopic (exact) mass is 358 g/mol. The van der Waals surface area contributed by atoms with Gasteiger partial charge in [0.25, 0.3) is 0 Å². The lowest BCUT2D eigenvalue weighted by atomic mass is 9.88. The number of nitrogens with zero attached hydrogens (tertiary/aromatic N) is 1. The third kappa shape index (κ3) is 2.93. The highest BCUT2D eigenvalue weighted by Gasteiger charge is 2.58. The van der Waals surface area contributed by atoms with Crippen LogP contribution in [0.15, 0.2) is 30.5 Å². The number of ether oxygens (including phenoxy) is 2. The Morgan fingerprint density at radius 3 is 2.69 bits per heavy atom. The average Bonchev–Trinajstić information content (AvgIpc) is 3.08. The van der Waals surface area contributed by atoms with Gasteiger partial charge in [-0.2, -0.15) is 0 Å². The number of nitrogens with one attached hydrogen (secondary N) is 1. The molecular weight excluding hydrogens is 332 g/mol. The van der Waals surface area contributed by atoms with Crippen LogP contribution in [0.3, 0.4) is 0 Å². The fraction of sp³-hybridized carbons (Fsp3) is 0.500. The fourth-order valence-corrected chi connectivity index (χ4v) is 3.50. The van der Waals surface area contributed by atoms with E-state index in [1.165, 1.54) is 4.90 Å². The van der Waals surface area contributed by atoms with Crippen molar-refractivity contribution in [2.75, 3.05) is 6.61 Å². The number of aromatic amines is 1. The number of rotatable bonds is 3. The van der Waals surface area contributed by atoms with Crippen LogP contribution in [-0.2, 0) is 20.7 Å². The van der Waals surface area contributed by atoms with Gasteiger partial charge in [0.15, 0.2) is 6.23 Å². The van der Waals surface area contributed by atoms with E-state index in [2.05, 4.69) is 4.98 Å². The molecule has 0 bridgehead atoms. The van der Waals surface area contributed by atoms with Crippen LogP contribution in [0.25, 0.3) is 10.9 Å². The van der Waals surface area contributed by atoms with Crippen LogP contribution in [0.2, 0.25) is 0 Å². The molecule has 0 radical (unpaired) electrons. The number of fused-ring (bicyclic) bond motifs is 1. The zero-order valence-electron chi connectivity index (χ0n) is 16.0. The molecule has 1 aliphatic rings. The van der Waals surface area contributed by atoms with Gasteiger partial charge in [-0.15, -0.1) is 0 Å². The summed E-state index contributed by atoms with van der Waals surface area (Å²) >= 11 is 0. The van der Waals surface area contributed by atoms with Crippen molar-refractivity contribution < 1.29 is 19.1 Å². The maximum Gasteiger partial charge on any atom is 0.413 e. The summed E-state index contributed by atoms with van der Waals surface area (Å²) in [6.45, 7) is 9.56. The van der Waals surface area contributed by atoms with Gasteiger partial charge in [0.1, 0.15) is 5.54 Å². The molecule has 2 heterocycles. The predicted molar refractivity (Wildman–Crippen MR) is 98.6 cm³/mol. The molecule has 1 N–H and O–H groups in total. The summed E-state index contributed by atoms with van der Waals surface area (Å²) in [4.78, 5) is 30.3. The molecule has 140 valence electrons. The van der Waals surface area contributed by atoms with Crippen LogP contribution in [0.5, 0.6) is 0 Å². The zero-order chi connectivity index (χ0) is 19.1. The fourth-order valence-electron chi connectivity index (χ4n) is 3.50. The topological polar surface area (TPSA) is 71.6 Å². The van der Waals surface area contributed by atoms with Crippen LogP contribution in [0, 0.1) is 5.41 Å². The van der Waals surface area contributed by atoms with Gasteiger partial charge in [-0.1, -0.05) is 39.0 Å². The van der Waals surface area contributed by atoms with E-state index < -0.39 is 29.2 Å². The summed E-state index contributed by atoms with van der Waals surface area (Å²) in [5.41, 5.74) is 0.395. The molecule has 6 nitrogen and oxygen atoms in total. The second-order valence-electron chi connectivity index (χ2n) is 8.00. The lowest BCUT2D eigenvalue weighted by Gasteiger charge is -2.37. The first-order chi connectivity index (χ1) is 12.2. The average molecular weight is 358 g/mol. The first kappa shape index (κ1) is 18.3. The maximum absolute atomic E-state index is 12.9. The number of esters is 1. The Morgan fingerprint density at radius 2 is 2.04 bits per heavy atom. The quantitative estimate of drug-likeness (QED) is 0.846. The number of para-hydroxylation sites is 1. The summed E-state index contributed by atoms with van der Waals surface area (Å²) < 4.78 is 10.9. The van der Waals surface area contributed by atoms with Crippen LogP contribution in [0.1, 0.15) is 40.2 Å². The Morgan fingerprint density at radius 1 is 1.35 bits per heavy atom. The highest BCUT2D eigenvalue weighted by molar-refractivity contribution is 5.90. The van der Waals surface area contributed by atoms with Crippen molar-refractivity contribution in [1.82, 2.24) is 9.88 Å². The Balaban J connectivity index is 2.03. The van der Waals surface area contributed by atoms with Crippen LogP contribution in [0.4, 0.5) is 4.79 Å². The van der Waals surface area contributed by atoms with Crippen molar-refractivity contribution in [3.63, 3.8) is 0 Å². The second-order valence-corrected chi connectivity index (χ2v) is 8.00. The van der Waals surface area contributed by atoms with E-state index in [1.54, 1.807) is 13.8 Å². The molecule has 1 saturated heterocycles.